The Morgan fingerprint density at radius 1 is 1.18 bits per heavy atom. The normalized spacial score (nSPS) is 15.8. The number of fused-ring (bicyclic) bond motifs is 1. The minimum atomic E-state index is 0.763. The maximum absolute atomic E-state index is 7.50. The second kappa shape index (κ2) is 8.04. The lowest BCUT2D eigenvalue weighted by Gasteiger charge is -2.34. The van der Waals surface area contributed by atoms with E-state index in [1.54, 1.807) is 0 Å². The zero-order chi connectivity index (χ0) is 19.5. The predicted molar refractivity (Wildman–Crippen MR) is 117 cm³/mol. The molecule has 2 N–H and O–H groups in total. The monoisotopic (exact) mass is 393 g/mol. The Balaban J connectivity index is 1.55. The van der Waals surface area contributed by atoms with E-state index in [1.807, 2.05) is 31.3 Å². The minimum Gasteiger partial charge on any atom is -0.369 e. The molecule has 1 fully saturated rings. The van der Waals surface area contributed by atoms with Gasteiger partial charge in [-0.25, -0.2) is 15.0 Å². The summed E-state index contributed by atoms with van der Waals surface area (Å²) < 4.78 is 0. The zero-order valence-electron chi connectivity index (χ0n) is 16.0. The standard InChI is InChI=1S/C20H23N7S/c1-3-14(13-21)16-4-5-17-19(23-16)28-20(24-17)25-18-12-15(6-7-22-18)27-10-8-26(2)9-11-27/h3-7,12-13,21H,8-11H2,1-2H3,(H,22,24,25)/b14-3+,21-13?. The molecular formula is C20H23N7S. The van der Waals surface area contributed by atoms with Crippen molar-refractivity contribution in [3.63, 3.8) is 0 Å². The molecule has 7 nitrogen and oxygen atoms in total. The summed E-state index contributed by atoms with van der Waals surface area (Å²) >= 11 is 1.49. The fraction of sp³-hybridized carbons (Fsp3) is 0.300. The van der Waals surface area contributed by atoms with Crippen LogP contribution in [0.1, 0.15) is 12.6 Å². The van der Waals surface area contributed by atoms with Gasteiger partial charge in [0.05, 0.1) is 5.69 Å². The Hall–Kier alpha value is -2.84. The Morgan fingerprint density at radius 2 is 2.00 bits per heavy atom. The van der Waals surface area contributed by atoms with Gasteiger partial charge in [0.2, 0.25) is 0 Å². The number of nitrogens with one attached hydrogen (secondary N) is 2. The summed E-state index contributed by atoms with van der Waals surface area (Å²) in [7, 11) is 2.16. The van der Waals surface area contributed by atoms with Crippen LogP contribution in [0.2, 0.25) is 0 Å². The number of hydrogen-bond donors (Lipinski definition) is 2. The third-order valence-electron chi connectivity index (χ3n) is 4.86. The van der Waals surface area contributed by atoms with Gasteiger partial charge >= 0.3 is 0 Å². The van der Waals surface area contributed by atoms with Crippen LogP contribution in [0, 0.1) is 5.41 Å². The second-order valence-electron chi connectivity index (χ2n) is 6.74. The first-order chi connectivity index (χ1) is 13.7. The number of pyridine rings is 2. The highest BCUT2D eigenvalue weighted by atomic mass is 32.1. The molecule has 3 aromatic rings. The van der Waals surface area contributed by atoms with Crippen molar-refractivity contribution in [2.75, 3.05) is 43.4 Å². The van der Waals surface area contributed by atoms with Crippen molar-refractivity contribution in [3.05, 3.63) is 42.2 Å². The fourth-order valence-corrected chi connectivity index (χ4v) is 4.04. The van der Waals surface area contributed by atoms with Gasteiger partial charge in [-0.2, -0.15) is 0 Å². The minimum absolute atomic E-state index is 0.763. The number of allylic oxidation sites excluding steroid dienone is 2. The molecule has 28 heavy (non-hydrogen) atoms. The van der Waals surface area contributed by atoms with E-state index >= 15 is 0 Å². The van der Waals surface area contributed by atoms with Crippen LogP contribution in [0.25, 0.3) is 15.9 Å². The molecule has 4 heterocycles. The first-order valence-electron chi connectivity index (χ1n) is 9.27. The molecule has 0 bridgehead atoms. The molecule has 0 atom stereocenters. The predicted octanol–water partition coefficient (Wildman–Crippen LogP) is 3.63. The van der Waals surface area contributed by atoms with Crippen molar-refractivity contribution in [1.29, 1.82) is 5.41 Å². The molecule has 0 aromatic carbocycles. The highest BCUT2D eigenvalue weighted by molar-refractivity contribution is 7.21. The van der Waals surface area contributed by atoms with Crippen LogP contribution >= 0.6 is 11.3 Å². The third kappa shape index (κ3) is 3.88. The van der Waals surface area contributed by atoms with E-state index in [-0.39, 0.29) is 0 Å². The quantitative estimate of drug-likeness (QED) is 0.644. The molecule has 0 spiro atoms. The average Bonchev–Trinajstić information content (AvgIpc) is 3.11. The van der Waals surface area contributed by atoms with Crippen LogP contribution in [0.15, 0.2) is 36.5 Å². The Labute approximate surface area is 168 Å². The van der Waals surface area contributed by atoms with Gasteiger partial charge in [-0.05, 0) is 32.2 Å². The molecule has 8 heteroatoms. The smallest absolute Gasteiger partial charge is 0.190 e. The number of anilines is 3. The lowest BCUT2D eigenvalue weighted by atomic mass is 10.2. The van der Waals surface area contributed by atoms with Gasteiger partial charge in [-0.3, -0.25) is 0 Å². The van der Waals surface area contributed by atoms with Gasteiger partial charge in [0.15, 0.2) is 5.13 Å². The van der Waals surface area contributed by atoms with Gasteiger partial charge in [0.1, 0.15) is 16.2 Å². The van der Waals surface area contributed by atoms with Gasteiger partial charge < -0.3 is 20.5 Å². The van der Waals surface area contributed by atoms with Crippen LogP contribution in [-0.2, 0) is 0 Å². The van der Waals surface area contributed by atoms with E-state index in [1.165, 1.54) is 23.2 Å². The summed E-state index contributed by atoms with van der Waals surface area (Å²) in [6.45, 7) is 6.09. The molecule has 0 aliphatic carbocycles. The Kier molecular flexibility index (Phi) is 5.31. The molecule has 1 aliphatic rings. The van der Waals surface area contributed by atoms with Crippen LogP contribution in [0.5, 0.6) is 0 Å². The molecule has 3 aromatic heterocycles. The van der Waals surface area contributed by atoms with Crippen LogP contribution in [0.4, 0.5) is 16.6 Å². The number of piperazine rings is 1. The van der Waals surface area contributed by atoms with Gasteiger partial charge in [0.25, 0.3) is 0 Å². The van der Waals surface area contributed by atoms with Crippen molar-refractivity contribution in [1.82, 2.24) is 19.9 Å². The number of aromatic nitrogens is 3. The van der Waals surface area contributed by atoms with E-state index in [4.69, 9.17) is 5.41 Å². The highest BCUT2D eigenvalue weighted by Gasteiger charge is 2.15. The maximum atomic E-state index is 7.50. The maximum Gasteiger partial charge on any atom is 0.190 e. The third-order valence-corrected chi connectivity index (χ3v) is 5.75. The van der Waals surface area contributed by atoms with E-state index in [0.717, 1.165) is 58.7 Å². The first-order valence-corrected chi connectivity index (χ1v) is 10.1. The molecule has 4 rings (SSSR count). The highest BCUT2D eigenvalue weighted by Crippen LogP contribution is 2.29. The molecular weight excluding hydrogens is 370 g/mol. The summed E-state index contributed by atoms with van der Waals surface area (Å²) in [6.07, 6.45) is 5.04. The zero-order valence-corrected chi connectivity index (χ0v) is 16.8. The fourth-order valence-electron chi connectivity index (χ4n) is 3.20. The van der Waals surface area contributed by atoms with Crippen molar-refractivity contribution in [3.8, 4) is 0 Å². The molecule has 0 radical (unpaired) electrons. The van der Waals surface area contributed by atoms with E-state index in [0.29, 0.717) is 0 Å². The largest absolute Gasteiger partial charge is 0.369 e. The summed E-state index contributed by atoms with van der Waals surface area (Å²) in [6, 6.07) is 7.97. The molecule has 1 aliphatic heterocycles. The number of nitrogens with zero attached hydrogens (tertiary/aromatic N) is 5. The Morgan fingerprint density at radius 3 is 2.75 bits per heavy atom. The number of rotatable bonds is 5. The molecule has 144 valence electrons. The van der Waals surface area contributed by atoms with Crippen molar-refractivity contribution >= 4 is 50.1 Å². The van der Waals surface area contributed by atoms with Gasteiger partial charge in [-0.15, -0.1) is 0 Å². The summed E-state index contributed by atoms with van der Waals surface area (Å²) in [5.74, 6) is 0.782. The lowest BCUT2D eigenvalue weighted by molar-refractivity contribution is 0.313. The van der Waals surface area contributed by atoms with Gasteiger partial charge in [-0.1, -0.05) is 17.4 Å². The number of likely N-dealkylation sites (N-methyl/N-ethyl adjacent to an activating group) is 1. The number of hydrogen-bond acceptors (Lipinski definition) is 8. The molecule has 0 unspecified atom stereocenters. The second-order valence-corrected chi connectivity index (χ2v) is 7.72. The Bertz CT molecular complexity index is 1020. The van der Waals surface area contributed by atoms with Crippen LogP contribution in [-0.4, -0.2) is 59.3 Å². The summed E-state index contributed by atoms with van der Waals surface area (Å²) in [5.41, 5.74) is 3.60. The van der Waals surface area contributed by atoms with E-state index < -0.39 is 0 Å². The van der Waals surface area contributed by atoms with E-state index in [2.05, 4.69) is 49.2 Å². The van der Waals surface area contributed by atoms with Crippen LogP contribution < -0.4 is 10.2 Å². The van der Waals surface area contributed by atoms with E-state index in [9.17, 15) is 0 Å². The van der Waals surface area contributed by atoms with Crippen molar-refractivity contribution in [2.45, 2.75) is 6.92 Å². The summed E-state index contributed by atoms with van der Waals surface area (Å²) in [5, 5.41) is 11.6. The molecule has 1 saturated heterocycles. The SMILES string of the molecule is C/C=C(\C=N)c1ccc2nc(Nc3cc(N4CCN(C)CC4)ccn3)sc2n1. The molecule has 0 saturated carbocycles. The topological polar surface area (TPSA) is 81.0 Å². The summed E-state index contributed by atoms with van der Waals surface area (Å²) in [4.78, 5) is 19.3. The van der Waals surface area contributed by atoms with Gasteiger partial charge in [0, 0.05) is 55.9 Å². The van der Waals surface area contributed by atoms with Crippen LogP contribution in [0.3, 0.4) is 0 Å². The van der Waals surface area contributed by atoms with Crippen molar-refractivity contribution < 1.29 is 0 Å². The first kappa shape index (κ1) is 18.5. The number of thiazole rings is 1. The molecule has 0 amide bonds. The average molecular weight is 394 g/mol. The van der Waals surface area contributed by atoms with Crippen molar-refractivity contribution in [2.24, 2.45) is 0 Å². The lowest BCUT2D eigenvalue weighted by Crippen LogP contribution is -2.44.